The number of amides is 1. The Hall–Kier alpha value is -0.440. The van der Waals surface area contributed by atoms with E-state index in [1.807, 2.05) is 0 Å². The van der Waals surface area contributed by atoms with E-state index in [-0.39, 0.29) is 12.3 Å². The molecule has 0 atom stereocenters. The van der Waals surface area contributed by atoms with Crippen molar-refractivity contribution in [3.05, 3.63) is 20.9 Å². The third kappa shape index (κ3) is 1.62. The zero-order valence-electron chi connectivity index (χ0n) is 10.9. The Labute approximate surface area is 130 Å². The van der Waals surface area contributed by atoms with Crippen molar-refractivity contribution in [2.45, 2.75) is 28.5 Å². The molecule has 2 heterocycles. The van der Waals surface area contributed by atoms with E-state index in [2.05, 4.69) is 5.32 Å². The molecule has 0 unspecified atom stereocenters. The Kier molecular flexibility index (Phi) is 2.94. The summed E-state index contributed by atoms with van der Waals surface area (Å²) in [4.78, 5) is 13.3. The van der Waals surface area contributed by atoms with Gasteiger partial charge in [-0.2, -0.15) is 0 Å². The second kappa shape index (κ2) is 4.06. The first kappa shape index (κ1) is 14.5. The Bertz CT molecular complexity index is 608. The largest absolute Gasteiger partial charge is 0.351 e. The van der Waals surface area contributed by atoms with E-state index < -0.39 is 15.6 Å². The molecule has 0 bridgehead atoms. The molecule has 9 heteroatoms. The van der Waals surface area contributed by atoms with Crippen LogP contribution in [0, 0.1) is 0 Å². The molecule has 3 rings (SSSR count). The molecule has 86 valence electrons. The smallest absolute Gasteiger partial charge is 0.261 e. The van der Waals surface area contributed by atoms with Crippen LogP contribution in [0.4, 0.5) is 0 Å². The fourth-order valence-corrected chi connectivity index (χ4v) is 4.37. The monoisotopic (exact) mass is 267 g/mol. The first-order valence-electron chi connectivity index (χ1n) is 6.26. The average molecular weight is 266 g/mol. The summed E-state index contributed by atoms with van der Waals surface area (Å²) in [5.41, 5.74) is 1.44. The van der Waals surface area contributed by atoms with Crippen LogP contribution in [0.2, 0.25) is 10.4 Å². The number of carbonyl (C=O) groups excluding carboxylic acids is 1. The van der Waals surface area contributed by atoms with Crippen molar-refractivity contribution in [3.8, 4) is 0 Å². The number of hydrogen-bond acceptors (Lipinski definition) is 2. The van der Waals surface area contributed by atoms with Crippen molar-refractivity contribution in [2.24, 2.45) is 0 Å². The molecule has 1 aromatic heterocycles. The second-order valence-corrected chi connectivity index (χ2v) is 6.77. The molecule has 12 radical (unpaired) electrons. The molecule has 1 aliphatic carbocycles. The molecule has 2 nitrogen and oxygen atoms in total. The fourth-order valence-electron chi connectivity index (χ4n) is 2.93. The van der Waals surface area contributed by atoms with E-state index >= 15 is 0 Å². The van der Waals surface area contributed by atoms with Gasteiger partial charge in [0, 0.05) is 11.4 Å². The van der Waals surface area contributed by atoms with Crippen molar-refractivity contribution in [2.75, 3.05) is 6.54 Å². The molecule has 0 saturated heterocycles. The first-order valence-corrected chi connectivity index (χ1v) is 7.08. The Morgan fingerprint density at radius 3 is 2.40 bits per heavy atom. The van der Waals surface area contributed by atoms with E-state index in [9.17, 15) is 4.79 Å². The molecule has 0 aromatic carbocycles. The minimum absolute atomic E-state index is 0.138. The molecule has 20 heavy (non-hydrogen) atoms. The second-order valence-electron chi connectivity index (χ2n) is 5.67. The summed E-state index contributed by atoms with van der Waals surface area (Å²) in [5, 5.41) is -1.95. The van der Waals surface area contributed by atoms with Gasteiger partial charge in [-0.15, -0.1) is 21.8 Å². The zero-order chi connectivity index (χ0) is 14.9. The lowest BCUT2D eigenvalue weighted by Crippen LogP contribution is -2.54. The molecule has 1 aliphatic heterocycles. The van der Waals surface area contributed by atoms with Gasteiger partial charge in [0.15, 0.2) is 0 Å². The SMILES string of the molecule is [B]C1([B])Cc2sc3c(c2C([B])([B])C1([B])[B])CCNC3=O. The van der Waals surface area contributed by atoms with Gasteiger partial charge in [-0.05, 0) is 24.0 Å². The van der Waals surface area contributed by atoms with Gasteiger partial charge in [0.2, 0.25) is 0 Å². The summed E-state index contributed by atoms with van der Waals surface area (Å²) in [7, 11) is 36.5. The van der Waals surface area contributed by atoms with Gasteiger partial charge in [0.05, 0.1) is 52.0 Å². The zero-order valence-corrected chi connectivity index (χ0v) is 11.7. The van der Waals surface area contributed by atoms with Gasteiger partial charge in [-0.25, -0.2) is 0 Å². The number of rotatable bonds is 0. The highest BCUT2D eigenvalue weighted by molar-refractivity contribution is 7.14. The molecule has 1 N–H and O–H groups in total. The first-order chi connectivity index (χ1) is 9.09. The van der Waals surface area contributed by atoms with Gasteiger partial charge in [0.25, 0.3) is 5.91 Å². The molecule has 1 amide bonds. The predicted octanol–water partition coefficient (Wildman–Crippen LogP) is -1.01. The molecule has 1 aromatic rings. The summed E-state index contributed by atoms with van der Waals surface area (Å²) in [6.07, 6.45) is 0.873. The van der Waals surface area contributed by atoms with Crippen molar-refractivity contribution >= 4 is 64.3 Å². The Balaban J connectivity index is 2.28. The van der Waals surface area contributed by atoms with Crippen molar-refractivity contribution in [1.29, 1.82) is 0 Å². The maximum absolute atomic E-state index is 11.9. The highest BCUT2D eigenvalue weighted by Crippen LogP contribution is 2.61. The van der Waals surface area contributed by atoms with Crippen molar-refractivity contribution in [1.82, 2.24) is 5.32 Å². The maximum atomic E-state index is 11.9. The van der Waals surface area contributed by atoms with Crippen LogP contribution >= 0.6 is 11.3 Å². The lowest BCUT2D eigenvalue weighted by atomic mass is 9.15. The van der Waals surface area contributed by atoms with Crippen molar-refractivity contribution < 1.29 is 4.79 Å². The third-order valence-corrected chi connectivity index (χ3v) is 5.50. The maximum Gasteiger partial charge on any atom is 0.261 e. The average Bonchev–Trinajstić information content (AvgIpc) is 2.66. The van der Waals surface area contributed by atoms with E-state index in [4.69, 9.17) is 47.1 Å². The molecular formula is C11H7B6NOS. The van der Waals surface area contributed by atoms with Crippen LogP contribution < -0.4 is 5.32 Å². The van der Waals surface area contributed by atoms with E-state index in [0.717, 1.165) is 10.4 Å². The fraction of sp³-hybridized carbons (Fsp3) is 0.545. The summed E-state index contributed by atoms with van der Waals surface area (Å²) in [6.45, 7) is 0.531. The van der Waals surface area contributed by atoms with E-state index in [0.29, 0.717) is 23.4 Å². The van der Waals surface area contributed by atoms with Crippen LogP contribution in [0.25, 0.3) is 0 Å². The summed E-state index contributed by atoms with van der Waals surface area (Å²) >= 11 is 1.31. The normalized spacial score (nSPS) is 25.3. The van der Waals surface area contributed by atoms with Gasteiger partial charge in [0.1, 0.15) is 0 Å². The lowest BCUT2D eigenvalue weighted by Gasteiger charge is -2.59. The predicted molar refractivity (Wildman–Crippen MR) is 85.6 cm³/mol. The molecule has 0 fully saturated rings. The molecular weight excluding hydrogens is 259 g/mol. The highest BCUT2D eigenvalue weighted by atomic mass is 32.1. The Morgan fingerprint density at radius 2 is 1.75 bits per heavy atom. The van der Waals surface area contributed by atoms with E-state index in [1.54, 1.807) is 0 Å². The van der Waals surface area contributed by atoms with Crippen molar-refractivity contribution in [3.63, 3.8) is 0 Å². The number of hydrogen-bond donors (Lipinski definition) is 1. The van der Waals surface area contributed by atoms with Crippen LogP contribution in [-0.2, 0) is 18.1 Å². The molecule has 2 aliphatic rings. The topological polar surface area (TPSA) is 29.1 Å². The number of nitrogens with one attached hydrogen (secondary N) is 1. The summed E-state index contributed by atoms with van der Waals surface area (Å²) in [5.74, 6) is -0.138. The number of carbonyl (C=O) groups is 1. The van der Waals surface area contributed by atoms with Gasteiger partial charge >= 0.3 is 0 Å². The summed E-state index contributed by atoms with van der Waals surface area (Å²) in [6, 6.07) is 0. The summed E-state index contributed by atoms with van der Waals surface area (Å²) < 4.78 is 0. The minimum Gasteiger partial charge on any atom is -0.351 e. The number of thiophene rings is 1. The third-order valence-electron chi connectivity index (χ3n) is 4.27. The van der Waals surface area contributed by atoms with Crippen LogP contribution in [0.5, 0.6) is 0 Å². The molecule has 0 spiro atoms. The standard InChI is InChI=1S/C11H7B6NOS/c12-9(13)3-5-6(10(14,15)11(9,16)17)4-1-2-18-8(19)7(4)20-5/h1-3H2,(H,18,19). The van der Waals surface area contributed by atoms with E-state index in [1.165, 1.54) is 11.3 Å². The van der Waals surface area contributed by atoms with Crippen LogP contribution in [-0.4, -0.2) is 59.5 Å². The van der Waals surface area contributed by atoms with Crippen LogP contribution in [0.1, 0.15) is 25.7 Å². The minimum atomic E-state index is -1.68. The van der Waals surface area contributed by atoms with Gasteiger partial charge in [-0.3, -0.25) is 4.79 Å². The highest BCUT2D eigenvalue weighted by Gasteiger charge is 2.52. The van der Waals surface area contributed by atoms with Crippen LogP contribution in [0.3, 0.4) is 0 Å². The van der Waals surface area contributed by atoms with Gasteiger partial charge < -0.3 is 5.32 Å². The number of fused-ring (bicyclic) bond motifs is 3. The quantitative estimate of drug-likeness (QED) is 0.599. The lowest BCUT2D eigenvalue weighted by molar-refractivity contribution is 0.0950. The molecule has 0 saturated carbocycles. The van der Waals surface area contributed by atoms with Gasteiger partial charge in [-0.1, -0.05) is 5.21 Å². The Morgan fingerprint density at radius 1 is 1.10 bits per heavy atom. The van der Waals surface area contributed by atoms with Crippen LogP contribution in [0.15, 0.2) is 0 Å².